The van der Waals surface area contributed by atoms with Crippen molar-refractivity contribution in [3.05, 3.63) is 34.3 Å². The van der Waals surface area contributed by atoms with Gasteiger partial charge in [0.25, 0.3) is 0 Å². The summed E-state index contributed by atoms with van der Waals surface area (Å²) in [5, 5.41) is 2.34. The maximum Gasteiger partial charge on any atom is 0.417 e. The molecule has 1 N–H and O–H groups in total. The summed E-state index contributed by atoms with van der Waals surface area (Å²) in [6.07, 6.45) is -10.5. The first-order valence-electron chi connectivity index (χ1n) is 6.97. The first-order valence-corrected chi connectivity index (χ1v) is 7.34. The highest BCUT2D eigenvalue weighted by Crippen LogP contribution is 2.42. The molecule has 11 heteroatoms. The van der Waals surface area contributed by atoms with Crippen LogP contribution in [0.15, 0.2) is 18.2 Å². The largest absolute Gasteiger partial charge is 0.417 e. The zero-order chi connectivity index (χ0) is 17.3. The van der Waals surface area contributed by atoms with Gasteiger partial charge in [0.1, 0.15) is 0 Å². The summed E-state index contributed by atoms with van der Waals surface area (Å²) < 4.78 is 77.5. The highest BCUT2D eigenvalue weighted by molar-refractivity contribution is 6.32. The molecule has 0 spiro atoms. The Bertz CT molecular complexity index is 544. The van der Waals surface area contributed by atoms with Crippen LogP contribution in [0, 0.1) is 0 Å². The topological polar surface area (TPSA) is 15.3 Å². The Morgan fingerprint density at radius 2 is 1.60 bits per heavy atom. The van der Waals surface area contributed by atoms with E-state index in [0.717, 1.165) is 12.1 Å². The molecule has 0 amide bonds. The zero-order valence-corrected chi connectivity index (χ0v) is 15.1. The van der Waals surface area contributed by atoms with Crippen molar-refractivity contribution in [2.75, 3.05) is 26.2 Å². The van der Waals surface area contributed by atoms with Gasteiger partial charge in [-0.3, -0.25) is 4.90 Å². The Hall–Kier alpha value is -0.410. The van der Waals surface area contributed by atoms with E-state index in [2.05, 4.69) is 5.32 Å². The summed E-state index contributed by atoms with van der Waals surface area (Å²) >= 11 is 5.81. The molecule has 1 aromatic carbocycles. The fraction of sp³-hybridized carbons (Fsp3) is 0.571. The van der Waals surface area contributed by atoms with Crippen molar-refractivity contribution in [3.63, 3.8) is 0 Å². The van der Waals surface area contributed by atoms with Crippen LogP contribution in [0.5, 0.6) is 0 Å². The molecular weight excluding hydrogens is 417 g/mol. The number of nitrogens with one attached hydrogen (secondary N) is 1. The van der Waals surface area contributed by atoms with Gasteiger partial charge in [-0.15, -0.1) is 24.8 Å². The second kappa shape index (κ2) is 9.50. The molecule has 2 nitrogen and oxygen atoms in total. The van der Waals surface area contributed by atoms with Crippen molar-refractivity contribution in [2.45, 2.75) is 24.8 Å². The maximum absolute atomic E-state index is 12.9. The van der Waals surface area contributed by atoms with Crippen molar-refractivity contribution < 1.29 is 26.3 Å². The molecule has 0 unspecified atom stereocenters. The Labute approximate surface area is 158 Å². The van der Waals surface area contributed by atoms with E-state index >= 15 is 0 Å². The summed E-state index contributed by atoms with van der Waals surface area (Å²) in [5.74, 6) is 0. The number of piperazine rings is 1. The van der Waals surface area contributed by atoms with E-state index in [1.165, 1.54) is 11.0 Å². The fourth-order valence-electron chi connectivity index (χ4n) is 2.67. The number of halogens is 9. The summed E-state index contributed by atoms with van der Waals surface area (Å²) in [4.78, 5) is 1.52. The summed E-state index contributed by atoms with van der Waals surface area (Å²) in [5.41, 5.74) is -1.25. The lowest BCUT2D eigenvalue weighted by Crippen LogP contribution is -2.46. The Morgan fingerprint density at radius 1 is 1.04 bits per heavy atom. The quantitative estimate of drug-likeness (QED) is 0.667. The minimum absolute atomic E-state index is 0. The Kier molecular flexibility index (Phi) is 9.35. The summed E-state index contributed by atoms with van der Waals surface area (Å²) in [6, 6.07) is 1.87. The van der Waals surface area contributed by atoms with Crippen LogP contribution < -0.4 is 5.32 Å². The van der Waals surface area contributed by atoms with E-state index in [1.807, 2.05) is 0 Å². The molecule has 1 aliphatic rings. The molecular formula is C14H17Cl3F6N2. The van der Waals surface area contributed by atoms with E-state index in [1.54, 1.807) is 0 Å². The molecule has 1 heterocycles. The second-order valence-corrected chi connectivity index (χ2v) is 5.71. The molecule has 25 heavy (non-hydrogen) atoms. The van der Waals surface area contributed by atoms with Gasteiger partial charge >= 0.3 is 12.4 Å². The first kappa shape index (κ1) is 24.6. The van der Waals surface area contributed by atoms with Gasteiger partial charge < -0.3 is 5.32 Å². The van der Waals surface area contributed by atoms with E-state index in [0.29, 0.717) is 26.2 Å². The molecule has 0 bridgehead atoms. The fourth-order valence-corrected chi connectivity index (χ4v) is 3.03. The molecule has 2 rings (SSSR count). The number of nitrogens with zero attached hydrogens (tertiary/aromatic N) is 1. The molecule has 1 saturated heterocycles. The normalized spacial score (nSPS) is 17.4. The highest BCUT2D eigenvalue weighted by atomic mass is 35.5. The van der Waals surface area contributed by atoms with Crippen LogP contribution in [0.25, 0.3) is 0 Å². The van der Waals surface area contributed by atoms with Gasteiger partial charge in [0.05, 0.1) is 17.0 Å². The molecule has 1 fully saturated rings. The van der Waals surface area contributed by atoms with Crippen LogP contribution in [0.1, 0.15) is 23.6 Å². The first-order chi connectivity index (χ1) is 10.6. The van der Waals surface area contributed by atoms with Crippen molar-refractivity contribution in [2.24, 2.45) is 0 Å². The van der Waals surface area contributed by atoms with Crippen molar-refractivity contribution >= 4 is 36.4 Å². The number of alkyl halides is 6. The molecule has 0 radical (unpaired) electrons. The van der Waals surface area contributed by atoms with Crippen LogP contribution >= 0.6 is 36.4 Å². The maximum atomic E-state index is 12.9. The van der Waals surface area contributed by atoms with Gasteiger partial charge in [0, 0.05) is 32.2 Å². The lowest BCUT2D eigenvalue weighted by molar-refractivity contribution is -0.148. The smallest absolute Gasteiger partial charge is 0.314 e. The Balaban J connectivity index is 0.00000288. The van der Waals surface area contributed by atoms with E-state index in [4.69, 9.17) is 11.6 Å². The lowest BCUT2D eigenvalue weighted by atomic mass is 9.98. The minimum atomic E-state index is -4.71. The predicted molar refractivity (Wildman–Crippen MR) is 88.8 cm³/mol. The van der Waals surface area contributed by atoms with E-state index < -0.39 is 35.4 Å². The number of benzene rings is 1. The lowest BCUT2D eigenvalue weighted by Gasteiger charge is -2.36. The van der Waals surface area contributed by atoms with Crippen molar-refractivity contribution in [3.8, 4) is 0 Å². The van der Waals surface area contributed by atoms with Gasteiger partial charge in [-0.1, -0.05) is 23.7 Å². The standard InChI is InChI=1S/C14H15ClF6N2.2ClH/c15-12-9(2-1-3-10(12)14(19,20)21)11(8-13(16,17)18)23-6-4-22-5-7-23;;/h1-3,11,22H,4-8H2;2*1H/t11-;;/m1../s1. The monoisotopic (exact) mass is 432 g/mol. The third-order valence-corrected chi connectivity index (χ3v) is 4.13. The molecule has 1 aliphatic heterocycles. The minimum Gasteiger partial charge on any atom is -0.314 e. The van der Waals surface area contributed by atoms with Crippen molar-refractivity contribution in [1.29, 1.82) is 0 Å². The van der Waals surface area contributed by atoms with Crippen LogP contribution in [-0.2, 0) is 6.18 Å². The second-order valence-electron chi connectivity index (χ2n) is 5.33. The van der Waals surface area contributed by atoms with Gasteiger partial charge in [0.2, 0.25) is 0 Å². The van der Waals surface area contributed by atoms with Gasteiger partial charge in [-0.05, 0) is 11.6 Å². The third kappa shape index (κ3) is 6.67. The van der Waals surface area contributed by atoms with Crippen LogP contribution in [-0.4, -0.2) is 37.3 Å². The molecule has 146 valence electrons. The zero-order valence-electron chi connectivity index (χ0n) is 12.8. The number of rotatable bonds is 3. The van der Waals surface area contributed by atoms with Gasteiger partial charge in [-0.25, -0.2) is 0 Å². The average Bonchev–Trinajstić information content (AvgIpc) is 2.44. The molecule has 0 aromatic heterocycles. The average molecular weight is 434 g/mol. The van der Waals surface area contributed by atoms with Crippen LogP contribution in [0.3, 0.4) is 0 Å². The molecule has 0 aliphatic carbocycles. The summed E-state index contributed by atoms with van der Waals surface area (Å²) in [7, 11) is 0. The number of hydrogen-bond acceptors (Lipinski definition) is 2. The van der Waals surface area contributed by atoms with Crippen LogP contribution in [0.4, 0.5) is 26.3 Å². The number of hydrogen-bond donors (Lipinski definition) is 1. The van der Waals surface area contributed by atoms with Gasteiger partial charge in [-0.2, -0.15) is 26.3 Å². The highest BCUT2D eigenvalue weighted by Gasteiger charge is 2.39. The summed E-state index contributed by atoms with van der Waals surface area (Å²) in [6.45, 7) is 1.58. The third-order valence-electron chi connectivity index (χ3n) is 3.71. The molecule has 0 saturated carbocycles. The van der Waals surface area contributed by atoms with Crippen LogP contribution in [0.2, 0.25) is 5.02 Å². The van der Waals surface area contributed by atoms with Gasteiger partial charge in [0.15, 0.2) is 0 Å². The van der Waals surface area contributed by atoms with E-state index in [-0.39, 0.29) is 30.4 Å². The van der Waals surface area contributed by atoms with Crippen molar-refractivity contribution in [1.82, 2.24) is 10.2 Å². The Morgan fingerprint density at radius 3 is 2.08 bits per heavy atom. The van der Waals surface area contributed by atoms with E-state index in [9.17, 15) is 26.3 Å². The SMILES string of the molecule is Cl.Cl.FC(F)(F)C[C@H](c1cccc(C(F)(F)F)c1Cl)N1CCNCC1. The molecule has 1 aromatic rings. The molecule has 1 atom stereocenters. The predicted octanol–water partition coefficient (Wildman–Crippen LogP) is 5.10.